The molecule has 3 aromatic rings. The van der Waals surface area contributed by atoms with Crippen LogP contribution in [0.3, 0.4) is 0 Å². The van der Waals surface area contributed by atoms with Gasteiger partial charge in [-0.2, -0.15) is 0 Å². The Morgan fingerprint density at radius 2 is 1.96 bits per heavy atom. The summed E-state index contributed by atoms with van der Waals surface area (Å²) >= 11 is 0. The molecule has 148 valence electrons. The Kier molecular flexibility index (Phi) is 4.71. The van der Waals surface area contributed by atoms with Crippen molar-refractivity contribution < 1.29 is 13.7 Å². The molecular formula is C21H26N4O3. The Bertz CT molecular complexity index is 1030. The van der Waals surface area contributed by atoms with Crippen molar-refractivity contribution >= 4 is 17.0 Å². The lowest BCUT2D eigenvalue weighted by Gasteiger charge is -2.33. The summed E-state index contributed by atoms with van der Waals surface area (Å²) in [5.74, 6) is 2.01. The first-order valence-corrected chi connectivity index (χ1v) is 9.74. The van der Waals surface area contributed by atoms with E-state index in [0.29, 0.717) is 47.1 Å². The van der Waals surface area contributed by atoms with Gasteiger partial charge in [-0.25, -0.2) is 4.98 Å². The standard InChI is InChI=1S/C21H26N4O3/c1-11-9-16(14(4)27-11)18-10-17(19-13(3)24-28-20(19)23-18)21(26)25-7-5-15(6-8-25)12(2)22/h9-10,12,15H,5-8,22H2,1-4H3. The van der Waals surface area contributed by atoms with Crippen molar-refractivity contribution in [2.45, 2.75) is 46.6 Å². The smallest absolute Gasteiger partial charge is 0.259 e. The molecule has 1 unspecified atom stereocenters. The first kappa shape index (κ1) is 18.7. The molecule has 7 heteroatoms. The number of nitrogens with two attached hydrogens (primary N) is 1. The van der Waals surface area contributed by atoms with Crippen molar-refractivity contribution in [1.82, 2.24) is 15.0 Å². The molecule has 0 aliphatic carbocycles. The number of carbonyl (C=O) groups excluding carboxylic acids is 1. The Labute approximate surface area is 163 Å². The SMILES string of the molecule is Cc1cc(-c2cc(C(=O)N3CCC(C(C)N)CC3)c3c(C)noc3n2)c(C)o1. The third-order valence-corrected chi connectivity index (χ3v) is 5.73. The highest BCUT2D eigenvalue weighted by molar-refractivity contribution is 6.07. The zero-order valence-electron chi connectivity index (χ0n) is 16.8. The van der Waals surface area contributed by atoms with Gasteiger partial charge in [-0.15, -0.1) is 0 Å². The molecule has 4 rings (SSSR count). The highest BCUT2D eigenvalue weighted by atomic mass is 16.5. The number of carbonyl (C=O) groups is 1. The van der Waals surface area contributed by atoms with E-state index in [0.717, 1.165) is 29.9 Å². The van der Waals surface area contributed by atoms with Gasteiger partial charge in [-0.1, -0.05) is 5.16 Å². The number of aromatic nitrogens is 2. The molecule has 0 radical (unpaired) electrons. The summed E-state index contributed by atoms with van der Waals surface area (Å²) in [6, 6.07) is 3.92. The minimum absolute atomic E-state index is 0.0130. The van der Waals surface area contributed by atoms with E-state index in [9.17, 15) is 4.79 Å². The predicted octanol–water partition coefficient (Wildman–Crippen LogP) is 3.61. The molecule has 0 aromatic carbocycles. The molecule has 1 amide bonds. The largest absolute Gasteiger partial charge is 0.466 e. The Hall–Kier alpha value is -2.67. The number of furan rings is 1. The van der Waals surface area contributed by atoms with Crippen molar-refractivity contribution in [2.75, 3.05) is 13.1 Å². The third-order valence-electron chi connectivity index (χ3n) is 5.73. The Morgan fingerprint density at radius 3 is 2.57 bits per heavy atom. The lowest BCUT2D eigenvalue weighted by molar-refractivity contribution is 0.0683. The number of rotatable bonds is 3. The summed E-state index contributed by atoms with van der Waals surface area (Å²) in [6.07, 6.45) is 1.85. The summed E-state index contributed by atoms with van der Waals surface area (Å²) < 4.78 is 11.0. The third kappa shape index (κ3) is 3.20. The number of amides is 1. The summed E-state index contributed by atoms with van der Waals surface area (Å²) in [6.45, 7) is 9.06. The zero-order chi connectivity index (χ0) is 20.0. The number of piperidine rings is 1. The lowest BCUT2D eigenvalue weighted by Crippen LogP contribution is -2.42. The number of hydrogen-bond acceptors (Lipinski definition) is 6. The number of aryl methyl sites for hydroxylation is 3. The van der Waals surface area contributed by atoms with Crippen LogP contribution in [0.25, 0.3) is 22.4 Å². The molecule has 7 nitrogen and oxygen atoms in total. The normalized spacial score (nSPS) is 16.7. The van der Waals surface area contributed by atoms with Gasteiger partial charge in [0.15, 0.2) is 0 Å². The first-order chi connectivity index (χ1) is 13.3. The molecule has 1 fully saturated rings. The Balaban J connectivity index is 1.74. The van der Waals surface area contributed by atoms with E-state index < -0.39 is 0 Å². The minimum Gasteiger partial charge on any atom is -0.466 e. The molecule has 28 heavy (non-hydrogen) atoms. The van der Waals surface area contributed by atoms with E-state index in [2.05, 4.69) is 10.1 Å². The van der Waals surface area contributed by atoms with Crippen LogP contribution in [-0.4, -0.2) is 40.1 Å². The average molecular weight is 382 g/mol. The van der Waals surface area contributed by atoms with Gasteiger partial charge in [0.1, 0.15) is 11.5 Å². The molecular weight excluding hydrogens is 356 g/mol. The number of likely N-dealkylation sites (tertiary alicyclic amines) is 1. The van der Waals surface area contributed by atoms with Gasteiger partial charge in [0.25, 0.3) is 11.6 Å². The van der Waals surface area contributed by atoms with Crippen molar-refractivity contribution in [2.24, 2.45) is 11.7 Å². The molecule has 4 heterocycles. The summed E-state index contributed by atoms with van der Waals surface area (Å²) in [7, 11) is 0. The summed E-state index contributed by atoms with van der Waals surface area (Å²) in [4.78, 5) is 19.9. The molecule has 3 aromatic heterocycles. The summed E-state index contributed by atoms with van der Waals surface area (Å²) in [5.41, 5.74) is 9.18. The maximum absolute atomic E-state index is 13.4. The molecule has 1 saturated heterocycles. The van der Waals surface area contributed by atoms with Crippen LogP contribution in [0.5, 0.6) is 0 Å². The van der Waals surface area contributed by atoms with Gasteiger partial charge in [-0.3, -0.25) is 4.79 Å². The molecule has 0 spiro atoms. The van der Waals surface area contributed by atoms with Gasteiger partial charge in [-0.05, 0) is 58.6 Å². The van der Waals surface area contributed by atoms with Crippen LogP contribution in [0.4, 0.5) is 0 Å². The fourth-order valence-electron chi connectivity index (χ4n) is 4.09. The van der Waals surface area contributed by atoms with E-state index in [1.165, 1.54) is 0 Å². The maximum Gasteiger partial charge on any atom is 0.259 e. The van der Waals surface area contributed by atoms with E-state index in [1.54, 1.807) is 0 Å². The van der Waals surface area contributed by atoms with Gasteiger partial charge in [0.2, 0.25) is 0 Å². The number of nitrogens with zero attached hydrogens (tertiary/aromatic N) is 3. The molecule has 1 aliphatic rings. The highest BCUT2D eigenvalue weighted by Crippen LogP contribution is 2.32. The molecule has 0 saturated carbocycles. The molecule has 0 bridgehead atoms. The fraction of sp³-hybridized carbons (Fsp3) is 0.476. The Morgan fingerprint density at radius 1 is 1.25 bits per heavy atom. The van der Waals surface area contributed by atoms with E-state index >= 15 is 0 Å². The predicted molar refractivity (Wildman–Crippen MR) is 106 cm³/mol. The molecule has 1 aliphatic heterocycles. The van der Waals surface area contributed by atoms with Crippen LogP contribution >= 0.6 is 0 Å². The quantitative estimate of drug-likeness (QED) is 0.743. The summed E-state index contributed by atoms with van der Waals surface area (Å²) in [5, 5.41) is 4.71. The van der Waals surface area contributed by atoms with Crippen LogP contribution in [0, 0.1) is 26.7 Å². The van der Waals surface area contributed by atoms with E-state index in [4.69, 9.17) is 14.7 Å². The second-order valence-corrected chi connectivity index (χ2v) is 7.82. The van der Waals surface area contributed by atoms with Crippen LogP contribution in [0.15, 0.2) is 21.1 Å². The topological polar surface area (TPSA) is 98.4 Å². The second kappa shape index (κ2) is 7.05. The van der Waals surface area contributed by atoms with Crippen molar-refractivity contribution in [1.29, 1.82) is 0 Å². The van der Waals surface area contributed by atoms with Gasteiger partial charge >= 0.3 is 0 Å². The van der Waals surface area contributed by atoms with Crippen LogP contribution in [0.2, 0.25) is 0 Å². The lowest BCUT2D eigenvalue weighted by atomic mass is 9.90. The minimum atomic E-state index is -0.0130. The van der Waals surface area contributed by atoms with Crippen molar-refractivity contribution in [3.63, 3.8) is 0 Å². The van der Waals surface area contributed by atoms with Crippen LogP contribution in [0.1, 0.15) is 47.3 Å². The van der Waals surface area contributed by atoms with E-state index in [1.807, 2.05) is 44.7 Å². The molecule has 2 N–H and O–H groups in total. The van der Waals surface area contributed by atoms with Gasteiger partial charge < -0.3 is 19.6 Å². The number of hydrogen-bond donors (Lipinski definition) is 1. The van der Waals surface area contributed by atoms with Gasteiger partial charge in [0, 0.05) is 24.7 Å². The second-order valence-electron chi connectivity index (χ2n) is 7.82. The van der Waals surface area contributed by atoms with Crippen molar-refractivity contribution in [3.8, 4) is 11.3 Å². The average Bonchev–Trinajstić information content (AvgIpc) is 3.22. The highest BCUT2D eigenvalue weighted by Gasteiger charge is 2.28. The van der Waals surface area contributed by atoms with Crippen LogP contribution in [-0.2, 0) is 0 Å². The van der Waals surface area contributed by atoms with Gasteiger partial charge in [0.05, 0.1) is 22.3 Å². The fourth-order valence-corrected chi connectivity index (χ4v) is 4.09. The maximum atomic E-state index is 13.4. The molecule has 1 atom stereocenters. The number of fused-ring (bicyclic) bond motifs is 1. The first-order valence-electron chi connectivity index (χ1n) is 9.74. The van der Waals surface area contributed by atoms with Crippen LogP contribution < -0.4 is 5.73 Å². The zero-order valence-corrected chi connectivity index (χ0v) is 16.8. The van der Waals surface area contributed by atoms with Crippen molar-refractivity contribution in [3.05, 3.63) is 34.9 Å². The monoisotopic (exact) mass is 382 g/mol. The van der Waals surface area contributed by atoms with E-state index in [-0.39, 0.29) is 11.9 Å². The number of pyridine rings is 1.